The largest absolute Gasteiger partial charge is 0.374 e. The average Bonchev–Trinajstić information content (AvgIpc) is 2.84. The molecule has 1 saturated heterocycles. The zero-order valence-electron chi connectivity index (χ0n) is 13.7. The van der Waals surface area contributed by atoms with E-state index in [0.717, 1.165) is 38.4 Å². The average molecular weight is 295 g/mol. The number of aryl methyl sites for hydroxylation is 2. The lowest BCUT2D eigenvalue weighted by Crippen LogP contribution is -2.56. The number of morpholine rings is 1. The number of rotatable bonds is 6. The highest BCUT2D eigenvalue weighted by Gasteiger charge is 2.29. The minimum atomic E-state index is 0.105. The number of nitrogens with two attached hydrogens (primary N) is 1. The topological polar surface area (TPSA) is 68.3 Å². The molecule has 1 fully saturated rings. The molecule has 1 aromatic rings. The summed E-state index contributed by atoms with van der Waals surface area (Å²) in [5.74, 6) is 5.79. The number of nitrogens with one attached hydrogen (secondary N) is 1. The van der Waals surface area contributed by atoms with Gasteiger partial charge in [-0.15, -0.1) is 0 Å². The highest BCUT2D eigenvalue weighted by atomic mass is 16.5. The third kappa shape index (κ3) is 4.03. The van der Waals surface area contributed by atoms with Crippen LogP contribution in [-0.4, -0.2) is 52.6 Å². The maximum Gasteiger partial charge on any atom is 0.0872 e. The van der Waals surface area contributed by atoms with Crippen LogP contribution in [0.2, 0.25) is 0 Å². The van der Waals surface area contributed by atoms with Crippen LogP contribution in [0, 0.1) is 6.92 Å². The Morgan fingerprint density at radius 3 is 2.90 bits per heavy atom. The number of ether oxygens (including phenoxy) is 1. The van der Waals surface area contributed by atoms with Gasteiger partial charge in [0.25, 0.3) is 0 Å². The van der Waals surface area contributed by atoms with E-state index in [0.29, 0.717) is 6.04 Å². The zero-order valence-corrected chi connectivity index (χ0v) is 13.7. The van der Waals surface area contributed by atoms with E-state index in [1.165, 1.54) is 5.69 Å². The van der Waals surface area contributed by atoms with Gasteiger partial charge in [0.15, 0.2) is 0 Å². The standard InChI is InChI=1S/C15H29N5O/c1-5-20-13(8-12(4)18-20)9-14(17-16)15-10-19(11(2)3)6-7-21-15/h8,11,14-15,17H,5-7,9-10,16H2,1-4H3. The molecule has 1 aliphatic heterocycles. The van der Waals surface area contributed by atoms with Crippen molar-refractivity contribution in [1.29, 1.82) is 0 Å². The molecule has 0 amide bonds. The predicted octanol–water partition coefficient (Wildman–Crippen LogP) is 0.695. The fraction of sp³-hybridized carbons (Fsp3) is 0.800. The van der Waals surface area contributed by atoms with E-state index in [2.05, 4.69) is 42.3 Å². The first-order valence-electron chi connectivity index (χ1n) is 7.90. The van der Waals surface area contributed by atoms with Crippen LogP contribution in [0.5, 0.6) is 0 Å². The molecule has 21 heavy (non-hydrogen) atoms. The molecule has 1 aliphatic rings. The van der Waals surface area contributed by atoms with Crippen molar-refractivity contribution >= 4 is 0 Å². The van der Waals surface area contributed by atoms with Gasteiger partial charge < -0.3 is 4.74 Å². The van der Waals surface area contributed by atoms with E-state index in [1.807, 2.05) is 11.6 Å². The summed E-state index contributed by atoms with van der Waals surface area (Å²) in [5, 5.41) is 4.50. The maximum absolute atomic E-state index is 5.95. The van der Waals surface area contributed by atoms with Crippen molar-refractivity contribution in [3.8, 4) is 0 Å². The Bertz CT molecular complexity index is 445. The van der Waals surface area contributed by atoms with E-state index in [4.69, 9.17) is 10.6 Å². The molecular formula is C15H29N5O. The number of aromatic nitrogens is 2. The van der Waals surface area contributed by atoms with E-state index in [9.17, 15) is 0 Å². The van der Waals surface area contributed by atoms with Gasteiger partial charge >= 0.3 is 0 Å². The molecule has 0 bridgehead atoms. The van der Waals surface area contributed by atoms with Crippen LogP contribution in [0.4, 0.5) is 0 Å². The molecule has 0 aliphatic carbocycles. The Morgan fingerprint density at radius 1 is 1.52 bits per heavy atom. The zero-order chi connectivity index (χ0) is 15.4. The van der Waals surface area contributed by atoms with Gasteiger partial charge in [0.1, 0.15) is 0 Å². The van der Waals surface area contributed by atoms with Crippen LogP contribution in [-0.2, 0) is 17.7 Å². The van der Waals surface area contributed by atoms with Gasteiger partial charge in [0, 0.05) is 37.8 Å². The van der Waals surface area contributed by atoms with Crippen LogP contribution >= 0.6 is 0 Å². The third-order valence-corrected chi connectivity index (χ3v) is 4.23. The molecule has 2 heterocycles. The Hall–Kier alpha value is -0.950. The molecule has 120 valence electrons. The van der Waals surface area contributed by atoms with Crippen LogP contribution in [0.3, 0.4) is 0 Å². The molecule has 2 atom stereocenters. The molecule has 6 heteroatoms. The molecule has 3 N–H and O–H groups in total. The first kappa shape index (κ1) is 16.4. The van der Waals surface area contributed by atoms with Crippen LogP contribution < -0.4 is 11.3 Å². The monoisotopic (exact) mass is 295 g/mol. The Balaban J connectivity index is 2.05. The first-order chi connectivity index (χ1) is 10.0. The highest BCUT2D eigenvalue weighted by Crippen LogP contribution is 2.15. The minimum absolute atomic E-state index is 0.105. The molecule has 0 saturated carbocycles. The highest BCUT2D eigenvalue weighted by molar-refractivity contribution is 5.11. The fourth-order valence-corrected chi connectivity index (χ4v) is 2.97. The summed E-state index contributed by atoms with van der Waals surface area (Å²) in [6.45, 7) is 12.2. The molecule has 2 unspecified atom stereocenters. The number of nitrogens with zero attached hydrogens (tertiary/aromatic N) is 3. The molecule has 0 aromatic carbocycles. The van der Waals surface area contributed by atoms with E-state index < -0.39 is 0 Å². The number of hydrogen-bond acceptors (Lipinski definition) is 5. The quantitative estimate of drug-likeness (QED) is 0.597. The molecule has 2 rings (SSSR count). The van der Waals surface area contributed by atoms with E-state index >= 15 is 0 Å². The Labute approximate surface area is 127 Å². The molecular weight excluding hydrogens is 266 g/mol. The van der Waals surface area contributed by atoms with Gasteiger partial charge in [-0.05, 0) is 33.8 Å². The number of hydrogen-bond donors (Lipinski definition) is 2. The Kier molecular flexibility index (Phi) is 5.75. The van der Waals surface area contributed by atoms with Gasteiger partial charge in [0.05, 0.1) is 24.4 Å². The SMILES string of the molecule is CCn1nc(C)cc1CC(NN)C1CN(C(C)C)CCO1. The lowest BCUT2D eigenvalue weighted by atomic mass is 10.0. The smallest absolute Gasteiger partial charge is 0.0872 e. The number of hydrazine groups is 1. The van der Waals surface area contributed by atoms with E-state index in [-0.39, 0.29) is 12.1 Å². The van der Waals surface area contributed by atoms with Crippen LogP contribution in [0.25, 0.3) is 0 Å². The van der Waals surface area contributed by atoms with E-state index in [1.54, 1.807) is 0 Å². The lowest BCUT2D eigenvalue weighted by Gasteiger charge is -2.38. The molecule has 0 spiro atoms. The van der Waals surface area contributed by atoms with Gasteiger partial charge in [-0.1, -0.05) is 0 Å². The maximum atomic E-state index is 5.95. The van der Waals surface area contributed by atoms with Gasteiger partial charge in [0.2, 0.25) is 0 Å². The fourth-order valence-electron chi connectivity index (χ4n) is 2.97. The third-order valence-electron chi connectivity index (χ3n) is 4.23. The van der Waals surface area contributed by atoms with Crippen LogP contribution in [0.1, 0.15) is 32.2 Å². The molecule has 1 aromatic heterocycles. The summed E-state index contributed by atoms with van der Waals surface area (Å²) in [4.78, 5) is 2.45. The summed E-state index contributed by atoms with van der Waals surface area (Å²) in [6, 6.07) is 2.78. The normalized spacial score (nSPS) is 21.9. The van der Waals surface area contributed by atoms with Crippen molar-refractivity contribution < 1.29 is 4.74 Å². The Morgan fingerprint density at radius 2 is 2.29 bits per heavy atom. The van der Waals surface area contributed by atoms with Gasteiger partial charge in [-0.25, -0.2) is 0 Å². The summed E-state index contributed by atoms with van der Waals surface area (Å²) in [6.07, 6.45) is 0.952. The van der Waals surface area contributed by atoms with Crippen molar-refractivity contribution in [2.24, 2.45) is 5.84 Å². The second-order valence-corrected chi connectivity index (χ2v) is 6.07. The van der Waals surface area contributed by atoms with Crippen molar-refractivity contribution in [3.63, 3.8) is 0 Å². The molecule has 6 nitrogen and oxygen atoms in total. The van der Waals surface area contributed by atoms with Crippen LogP contribution in [0.15, 0.2) is 6.07 Å². The summed E-state index contributed by atoms with van der Waals surface area (Å²) in [5.41, 5.74) is 5.21. The molecule has 0 radical (unpaired) electrons. The summed E-state index contributed by atoms with van der Waals surface area (Å²) in [7, 11) is 0. The van der Waals surface area contributed by atoms with Gasteiger partial charge in [-0.2, -0.15) is 5.10 Å². The lowest BCUT2D eigenvalue weighted by molar-refractivity contribution is -0.0555. The van der Waals surface area contributed by atoms with Crippen molar-refractivity contribution in [2.75, 3.05) is 19.7 Å². The van der Waals surface area contributed by atoms with Gasteiger partial charge in [-0.3, -0.25) is 20.9 Å². The second-order valence-electron chi connectivity index (χ2n) is 6.07. The second kappa shape index (κ2) is 7.35. The van der Waals surface area contributed by atoms with Crippen molar-refractivity contribution in [3.05, 3.63) is 17.5 Å². The first-order valence-corrected chi connectivity index (χ1v) is 7.90. The summed E-state index contributed by atoms with van der Waals surface area (Å²) >= 11 is 0. The predicted molar refractivity (Wildman–Crippen MR) is 83.9 cm³/mol. The summed E-state index contributed by atoms with van der Waals surface area (Å²) < 4.78 is 7.99. The van der Waals surface area contributed by atoms with Crippen molar-refractivity contribution in [2.45, 2.75) is 58.8 Å². The van der Waals surface area contributed by atoms with Crippen molar-refractivity contribution in [1.82, 2.24) is 20.1 Å². The minimum Gasteiger partial charge on any atom is -0.374 e.